The van der Waals surface area contributed by atoms with Gasteiger partial charge in [0, 0.05) is 44.8 Å². The summed E-state index contributed by atoms with van der Waals surface area (Å²) in [6.45, 7) is 7.88. The van der Waals surface area contributed by atoms with Crippen LogP contribution in [-0.4, -0.2) is 4.57 Å². The predicted octanol–water partition coefficient (Wildman–Crippen LogP) is 15.6. The standard InChI is InChI=1S/C55H38N4/c1-56-43-20-18-19-41(37-43)42-38-53(57(44-21-6-2-7-22-44)45-23-8-3-9-24-45)55(54(39-42)58(46-25-10-4-11-26-46)47-27-12-5-13-28-47)40-33-35-48(36-34-40)59-51-31-16-14-29-49(51)50-30-15-17-32-52(50)59/h2-39H. The second-order valence-electron chi connectivity index (χ2n) is 14.5. The zero-order valence-corrected chi connectivity index (χ0v) is 32.2. The molecule has 1 heterocycles. The molecule has 0 aliphatic heterocycles. The Balaban J connectivity index is 1.30. The minimum Gasteiger partial charge on any atom is -0.310 e. The lowest BCUT2D eigenvalue weighted by Crippen LogP contribution is -2.16. The minimum absolute atomic E-state index is 0.598. The molecule has 4 heteroatoms. The van der Waals surface area contributed by atoms with Gasteiger partial charge in [-0.2, -0.15) is 0 Å². The second-order valence-corrected chi connectivity index (χ2v) is 14.5. The Bertz CT molecular complexity index is 2860. The number of benzene rings is 9. The lowest BCUT2D eigenvalue weighted by molar-refractivity contribution is 1.18. The molecule has 0 aliphatic rings. The van der Waals surface area contributed by atoms with E-state index in [9.17, 15) is 0 Å². The molecule has 0 amide bonds. The highest BCUT2D eigenvalue weighted by molar-refractivity contribution is 6.09. The molecule has 0 unspecified atom stereocenters. The number of hydrogen-bond donors (Lipinski definition) is 0. The van der Waals surface area contributed by atoms with Gasteiger partial charge in [0.1, 0.15) is 0 Å². The topological polar surface area (TPSA) is 15.8 Å². The van der Waals surface area contributed by atoms with Crippen LogP contribution in [-0.2, 0) is 0 Å². The van der Waals surface area contributed by atoms with Gasteiger partial charge in [-0.05, 0) is 108 Å². The van der Waals surface area contributed by atoms with Crippen molar-refractivity contribution in [1.29, 1.82) is 0 Å². The fourth-order valence-corrected chi connectivity index (χ4v) is 8.32. The summed E-state index contributed by atoms with van der Waals surface area (Å²) >= 11 is 0. The van der Waals surface area contributed by atoms with E-state index in [-0.39, 0.29) is 0 Å². The van der Waals surface area contributed by atoms with Gasteiger partial charge in [0.15, 0.2) is 5.69 Å². The molecule has 0 atom stereocenters. The van der Waals surface area contributed by atoms with Crippen molar-refractivity contribution in [3.05, 3.63) is 242 Å². The zero-order valence-electron chi connectivity index (χ0n) is 32.2. The average Bonchev–Trinajstić information content (AvgIpc) is 3.65. The summed E-state index contributed by atoms with van der Waals surface area (Å²) in [4.78, 5) is 8.54. The molecule has 278 valence electrons. The third-order valence-electron chi connectivity index (χ3n) is 10.9. The average molecular weight is 755 g/mol. The summed E-state index contributed by atoms with van der Waals surface area (Å²) in [5.74, 6) is 0. The Hall–Kier alpha value is -8.13. The lowest BCUT2D eigenvalue weighted by atomic mass is 9.93. The van der Waals surface area contributed by atoms with Crippen molar-refractivity contribution < 1.29 is 0 Å². The van der Waals surface area contributed by atoms with E-state index in [0.717, 1.165) is 62.1 Å². The minimum atomic E-state index is 0.598. The fraction of sp³-hybridized carbons (Fsp3) is 0. The number of para-hydroxylation sites is 6. The van der Waals surface area contributed by atoms with Gasteiger partial charge in [-0.15, -0.1) is 0 Å². The number of aromatic nitrogens is 1. The Morgan fingerprint density at radius 1 is 0.356 bits per heavy atom. The van der Waals surface area contributed by atoms with Crippen molar-refractivity contribution >= 4 is 61.6 Å². The number of rotatable bonds is 9. The highest BCUT2D eigenvalue weighted by Crippen LogP contribution is 2.51. The first kappa shape index (κ1) is 35.3. The van der Waals surface area contributed by atoms with Crippen LogP contribution in [0.5, 0.6) is 0 Å². The molecule has 0 aliphatic carbocycles. The van der Waals surface area contributed by atoms with Gasteiger partial charge in [-0.25, -0.2) is 4.85 Å². The lowest BCUT2D eigenvalue weighted by Gasteiger charge is -2.34. The van der Waals surface area contributed by atoms with Crippen LogP contribution in [0.3, 0.4) is 0 Å². The highest BCUT2D eigenvalue weighted by Gasteiger charge is 2.26. The molecule has 0 N–H and O–H groups in total. The van der Waals surface area contributed by atoms with E-state index in [0.29, 0.717) is 5.69 Å². The summed E-state index contributed by atoms with van der Waals surface area (Å²) in [6, 6.07) is 81.1. The van der Waals surface area contributed by atoms with Crippen LogP contribution >= 0.6 is 0 Å². The van der Waals surface area contributed by atoms with Crippen LogP contribution in [0.25, 0.3) is 54.6 Å². The zero-order chi connectivity index (χ0) is 39.5. The largest absolute Gasteiger partial charge is 0.310 e. The van der Waals surface area contributed by atoms with Crippen LogP contribution < -0.4 is 9.80 Å². The van der Waals surface area contributed by atoms with E-state index >= 15 is 0 Å². The molecule has 0 fully saturated rings. The maximum Gasteiger partial charge on any atom is 0.187 e. The molecular weight excluding hydrogens is 717 g/mol. The quantitative estimate of drug-likeness (QED) is 0.136. The summed E-state index contributed by atoms with van der Waals surface area (Å²) in [5.41, 5.74) is 14.3. The monoisotopic (exact) mass is 754 g/mol. The number of hydrogen-bond acceptors (Lipinski definition) is 2. The molecule has 10 rings (SSSR count). The molecule has 4 nitrogen and oxygen atoms in total. The van der Waals surface area contributed by atoms with Gasteiger partial charge < -0.3 is 14.4 Å². The van der Waals surface area contributed by atoms with Crippen molar-refractivity contribution in [2.24, 2.45) is 0 Å². The SMILES string of the molecule is [C-]#[N+]c1cccc(-c2cc(N(c3ccccc3)c3ccccc3)c(-c3ccc(-n4c5ccccc5c5ccccc54)cc3)c(N(c3ccccc3)c3ccccc3)c2)c1. The first-order valence-electron chi connectivity index (χ1n) is 19.8. The Morgan fingerprint density at radius 2 is 0.780 bits per heavy atom. The molecule has 9 aromatic carbocycles. The predicted molar refractivity (Wildman–Crippen MR) is 247 cm³/mol. The Kier molecular flexibility index (Phi) is 9.23. The summed E-state index contributed by atoms with van der Waals surface area (Å²) < 4.78 is 2.37. The van der Waals surface area contributed by atoms with Crippen molar-refractivity contribution in [3.8, 4) is 27.9 Å². The van der Waals surface area contributed by atoms with Crippen LogP contribution in [0.4, 0.5) is 39.8 Å². The third-order valence-corrected chi connectivity index (χ3v) is 10.9. The smallest absolute Gasteiger partial charge is 0.187 e. The molecule has 0 saturated carbocycles. The maximum atomic E-state index is 7.88. The summed E-state index contributed by atoms with van der Waals surface area (Å²) in [6.07, 6.45) is 0. The number of anilines is 6. The van der Waals surface area contributed by atoms with Gasteiger partial charge in [-0.1, -0.05) is 140 Å². The van der Waals surface area contributed by atoms with E-state index in [1.165, 1.54) is 21.8 Å². The molecule has 10 aromatic rings. The van der Waals surface area contributed by atoms with E-state index in [1.807, 2.05) is 18.2 Å². The molecule has 0 spiro atoms. The second kappa shape index (κ2) is 15.4. The molecular formula is C55H38N4. The molecule has 0 radical (unpaired) electrons. The van der Waals surface area contributed by atoms with Gasteiger partial charge >= 0.3 is 0 Å². The van der Waals surface area contributed by atoms with Gasteiger partial charge in [-0.3, -0.25) is 0 Å². The van der Waals surface area contributed by atoms with Crippen molar-refractivity contribution in [1.82, 2.24) is 4.57 Å². The van der Waals surface area contributed by atoms with Crippen molar-refractivity contribution in [2.45, 2.75) is 0 Å². The maximum absolute atomic E-state index is 7.88. The van der Waals surface area contributed by atoms with Gasteiger partial charge in [0.25, 0.3) is 0 Å². The summed E-state index contributed by atoms with van der Waals surface area (Å²) in [7, 11) is 0. The van der Waals surface area contributed by atoms with Crippen LogP contribution in [0.15, 0.2) is 231 Å². The third kappa shape index (κ3) is 6.57. The van der Waals surface area contributed by atoms with E-state index < -0.39 is 0 Å². The van der Waals surface area contributed by atoms with E-state index in [1.54, 1.807) is 0 Å². The Labute approximate surface area is 344 Å². The number of nitrogens with zero attached hydrogens (tertiary/aromatic N) is 4. The first-order valence-corrected chi connectivity index (χ1v) is 19.8. The van der Waals surface area contributed by atoms with Gasteiger partial charge in [0.05, 0.1) is 29.0 Å². The first-order chi connectivity index (χ1) is 29.2. The fourth-order valence-electron chi connectivity index (χ4n) is 8.32. The molecule has 0 saturated heterocycles. The van der Waals surface area contributed by atoms with Crippen LogP contribution in [0.2, 0.25) is 0 Å². The Morgan fingerprint density at radius 3 is 1.22 bits per heavy atom. The van der Waals surface area contributed by atoms with Crippen molar-refractivity contribution in [2.75, 3.05) is 9.80 Å². The molecule has 59 heavy (non-hydrogen) atoms. The van der Waals surface area contributed by atoms with Crippen LogP contribution in [0.1, 0.15) is 0 Å². The van der Waals surface area contributed by atoms with Gasteiger partial charge in [0.2, 0.25) is 0 Å². The highest BCUT2D eigenvalue weighted by atomic mass is 15.2. The van der Waals surface area contributed by atoms with Crippen LogP contribution in [0, 0.1) is 6.57 Å². The molecule has 0 bridgehead atoms. The van der Waals surface area contributed by atoms with E-state index in [2.05, 4.69) is 232 Å². The number of fused-ring (bicyclic) bond motifs is 3. The summed E-state index contributed by atoms with van der Waals surface area (Å²) in [5, 5.41) is 2.47. The van der Waals surface area contributed by atoms with E-state index in [4.69, 9.17) is 6.57 Å². The molecule has 1 aromatic heterocycles. The normalized spacial score (nSPS) is 11.0. The van der Waals surface area contributed by atoms with Crippen molar-refractivity contribution in [3.63, 3.8) is 0 Å².